The zero-order chi connectivity index (χ0) is 18.6. The molecular formula is C20H23N3O4. The number of rotatable bonds is 4. The van der Waals surface area contributed by atoms with Gasteiger partial charge in [-0.2, -0.15) is 0 Å². The van der Waals surface area contributed by atoms with Gasteiger partial charge in [0.25, 0.3) is 0 Å². The summed E-state index contributed by atoms with van der Waals surface area (Å²) in [6.45, 7) is 2.13. The van der Waals surface area contributed by atoms with Crippen LogP contribution in [0, 0.1) is 0 Å². The molecule has 0 aliphatic carbocycles. The van der Waals surface area contributed by atoms with E-state index in [1.807, 2.05) is 24.3 Å². The van der Waals surface area contributed by atoms with Crippen molar-refractivity contribution in [1.29, 1.82) is 0 Å². The third-order valence-corrected chi connectivity index (χ3v) is 4.83. The minimum absolute atomic E-state index is 0.208. The van der Waals surface area contributed by atoms with E-state index in [1.165, 1.54) is 0 Å². The number of anilines is 3. The van der Waals surface area contributed by atoms with Gasteiger partial charge in [-0.25, -0.2) is 4.79 Å². The molecule has 2 aliphatic rings. The summed E-state index contributed by atoms with van der Waals surface area (Å²) in [5.41, 5.74) is 2.52. The highest BCUT2D eigenvalue weighted by molar-refractivity contribution is 6.00. The van der Waals surface area contributed by atoms with Gasteiger partial charge in [-0.3, -0.25) is 0 Å². The predicted octanol–water partition coefficient (Wildman–Crippen LogP) is 3.67. The van der Waals surface area contributed by atoms with Crippen molar-refractivity contribution in [2.75, 3.05) is 42.5 Å². The molecule has 0 saturated carbocycles. The van der Waals surface area contributed by atoms with Gasteiger partial charge < -0.3 is 29.7 Å². The molecule has 2 aromatic rings. The fourth-order valence-corrected chi connectivity index (χ4v) is 3.39. The lowest BCUT2D eigenvalue weighted by Gasteiger charge is -2.33. The van der Waals surface area contributed by atoms with Gasteiger partial charge in [-0.05, 0) is 49.2 Å². The van der Waals surface area contributed by atoms with Crippen molar-refractivity contribution in [3.63, 3.8) is 0 Å². The van der Waals surface area contributed by atoms with E-state index in [0.717, 1.165) is 37.3 Å². The van der Waals surface area contributed by atoms with Crippen LogP contribution in [0.4, 0.5) is 21.9 Å². The molecule has 2 aromatic carbocycles. The summed E-state index contributed by atoms with van der Waals surface area (Å²) in [6, 6.07) is 12.8. The molecule has 1 atom stereocenters. The molecule has 1 fully saturated rings. The zero-order valence-electron chi connectivity index (χ0n) is 15.2. The maximum Gasteiger partial charge on any atom is 0.323 e. The number of hydrogen-bond donors (Lipinski definition) is 2. The van der Waals surface area contributed by atoms with Crippen LogP contribution in [0.1, 0.15) is 12.8 Å². The van der Waals surface area contributed by atoms with Gasteiger partial charge in [0.2, 0.25) is 6.79 Å². The summed E-state index contributed by atoms with van der Waals surface area (Å²) in [4.78, 5) is 14.5. The SMILES string of the molecule is COC1CCCN(c2ccc(NC(=O)Nc3ccc4c(c3)OCO4)cc2)C1. The number of benzene rings is 2. The van der Waals surface area contributed by atoms with Gasteiger partial charge in [0.1, 0.15) is 0 Å². The Morgan fingerprint density at radius 1 is 1.07 bits per heavy atom. The van der Waals surface area contributed by atoms with Gasteiger partial charge in [-0.1, -0.05) is 0 Å². The van der Waals surface area contributed by atoms with Crippen molar-refractivity contribution in [3.8, 4) is 11.5 Å². The van der Waals surface area contributed by atoms with E-state index >= 15 is 0 Å². The number of carbonyl (C=O) groups is 1. The third-order valence-electron chi connectivity index (χ3n) is 4.83. The predicted molar refractivity (Wildman–Crippen MR) is 104 cm³/mol. The molecule has 0 radical (unpaired) electrons. The van der Waals surface area contributed by atoms with Crippen LogP contribution in [0.15, 0.2) is 42.5 Å². The number of urea groups is 1. The first-order valence-corrected chi connectivity index (χ1v) is 9.07. The second kappa shape index (κ2) is 7.75. The summed E-state index contributed by atoms with van der Waals surface area (Å²) in [6.07, 6.45) is 2.51. The highest BCUT2D eigenvalue weighted by Gasteiger charge is 2.19. The lowest BCUT2D eigenvalue weighted by molar-refractivity contribution is 0.0893. The Balaban J connectivity index is 1.34. The molecular weight excluding hydrogens is 346 g/mol. The number of hydrogen-bond acceptors (Lipinski definition) is 5. The van der Waals surface area contributed by atoms with E-state index in [0.29, 0.717) is 17.2 Å². The smallest absolute Gasteiger partial charge is 0.323 e. The molecule has 0 aromatic heterocycles. The van der Waals surface area contributed by atoms with Gasteiger partial charge in [0, 0.05) is 43.3 Å². The van der Waals surface area contributed by atoms with Crippen molar-refractivity contribution < 1.29 is 19.0 Å². The first-order chi connectivity index (χ1) is 13.2. The number of nitrogens with zero attached hydrogens (tertiary/aromatic N) is 1. The number of amides is 2. The number of piperidine rings is 1. The summed E-state index contributed by atoms with van der Waals surface area (Å²) >= 11 is 0. The number of fused-ring (bicyclic) bond motifs is 1. The standard InChI is InChI=1S/C20H23N3O4/c1-25-17-3-2-10-23(12-17)16-7-4-14(5-8-16)21-20(24)22-15-6-9-18-19(11-15)27-13-26-18/h4-9,11,17H,2-3,10,12-13H2,1H3,(H2,21,22,24). The summed E-state index contributed by atoms with van der Waals surface area (Å²) < 4.78 is 16.1. The first-order valence-electron chi connectivity index (χ1n) is 9.07. The summed E-state index contributed by atoms with van der Waals surface area (Å²) in [5.74, 6) is 1.32. The Kier molecular flexibility index (Phi) is 5.02. The number of nitrogens with one attached hydrogen (secondary N) is 2. The quantitative estimate of drug-likeness (QED) is 0.860. The second-order valence-corrected chi connectivity index (χ2v) is 6.64. The van der Waals surface area contributed by atoms with E-state index in [9.17, 15) is 4.79 Å². The van der Waals surface area contributed by atoms with Crippen LogP contribution in [0.5, 0.6) is 11.5 Å². The van der Waals surface area contributed by atoms with Gasteiger partial charge >= 0.3 is 6.03 Å². The molecule has 2 aliphatic heterocycles. The molecule has 0 bridgehead atoms. The Labute approximate surface area is 158 Å². The van der Waals surface area contributed by atoms with Crippen LogP contribution in [0.2, 0.25) is 0 Å². The summed E-state index contributed by atoms with van der Waals surface area (Å²) in [5, 5.41) is 5.64. The van der Waals surface area contributed by atoms with E-state index in [-0.39, 0.29) is 18.9 Å². The van der Waals surface area contributed by atoms with Gasteiger partial charge in [0.05, 0.1) is 6.10 Å². The Bertz CT molecular complexity index is 809. The minimum Gasteiger partial charge on any atom is -0.454 e. The maximum atomic E-state index is 12.2. The highest BCUT2D eigenvalue weighted by Crippen LogP contribution is 2.34. The van der Waals surface area contributed by atoms with E-state index in [2.05, 4.69) is 15.5 Å². The molecule has 2 N–H and O–H groups in total. The van der Waals surface area contributed by atoms with Crippen molar-refractivity contribution in [1.82, 2.24) is 0 Å². The monoisotopic (exact) mass is 369 g/mol. The molecule has 7 nitrogen and oxygen atoms in total. The lowest BCUT2D eigenvalue weighted by Crippen LogP contribution is -2.39. The third kappa shape index (κ3) is 4.09. The minimum atomic E-state index is -0.306. The molecule has 2 heterocycles. The largest absolute Gasteiger partial charge is 0.454 e. The molecule has 4 rings (SSSR count). The second-order valence-electron chi connectivity index (χ2n) is 6.64. The Morgan fingerprint density at radius 2 is 1.81 bits per heavy atom. The lowest BCUT2D eigenvalue weighted by atomic mass is 10.1. The van der Waals surface area contributed by atoms with Crippen LogP contribution in [0.25, 0.3) is 0 Å². The fourth-order valence-electron chi connectivity index (χ4n) is 3.39. The number of ether oxygens (including phenoxy) is 3. The van der Waals surface area contributed by atoms with Crippen molar-refractivity contribution >= 4 is 23.1 Å². The number of carbonyl (C=O) groups excluding carboxylic acids is 1. The van der Waals surface area contributed by atoms with Crippen LogP contribution >= 0.6 is 0 Å². The molecule has 2 amide bonds. The normalized spacial score (nSPS) is 18.3. The van der Waals surface area contributed by atoms with Gasteiger partial charge in [0.15, 0.2) is 11.5 Å². The molecule has 0 spiro atoms. The average Bonchev–Trinajstić information content (AvgIpc) is 3.16. The molecule has 1 unspecified atom stereocenters. The van der Waals surface area contributed by atoms with E-state index in [1.54, 1.807) is 25.3 Å². The average molecular weight is 369 g/mol. The first kappa shape index (κ1) is 17.5. The Morgan fingerprint density at radius 3 is 2.63 bits per heavy atom. The van der Waals surface area contributed by atoms with Crippen LogP contribution < -0.4 is 25.0 Å². The van der Waals surface area contributed by atoms with E-state index < -0.39 is 0 Å². The molecule has 1 saturated heterocycles. The fraction of sp³-hybridized carbons (Fsp3) is 0.350. The highest BCUT2D eigenvalue weighted by atomic mass is 16.7. The Hall–Kier alpha value is -2.93. The van der Waals surface area contributed by atoms with Crippen LogP contribution in [-0.2, 0) is 4.74 Å². The van der Waals surface area contributed by atoms with E-state index in [4.69, 9.17) is 14.2 Å². The van der Waals surface area contributed by atoms with Crippen LogP contribution in [-0.4, -0.2) is 39.1 Å². The molecule has 7 heteroatoms. The maximum absolute atomic E-state index is 12.2. The number of methoxy groups -OCH3 is 1. The van der Waals surface area contributed by atoms with Crippen LogP contribution in [0.3, 0.4) is 0 Å². The van der Waals surface area contributed by atoms with Gasteiger partial charge in [-0.15, -0.1) is 0 Å². The van der Waals surface area contributed by atoms with Crippen molar-refractivity contribution in [2.24, 2.45) is 0 Å². The van der Waals surface area contributed by atoms with Crippen molar-refractivity contribution in [2.45, 2.75) is 18.9 Å². The summed E-state index contributed by atoms with van der Waals surface area (Å²) in [7, 11) is 1.76. The van der Waals surface area contributed by atoms with Crippen molar-refractivity contribution in [3.05, 3.63) is 42.5 Å². The molecule has 27 heavy (non-hydrogen) atoms. The molecule has 142 valence electrons. The topological polar surface area (TPSA) is 72.1 Å². The zero-order valence-corrected chi connectivity index (χ0v) is 15.2.